The topological polar surface area (TPSA) is 57.3 Å². The van der Waals surface area contributed by atoms with E-state index in [0.717, 1.165) is 45.7 Å². The number of urea groups is 1. The van der Waals surface area contributed by atoms with Gasteiger partial charge in [0.1, 0.15) is 0 Å². The van der Waals surface area contributed by atoms with E-state index in [2.05, 4.69) is 29.2 Å². The highest BCUT2D eigenvalue weighted by Gasteiger charge is 2.21. The average Bonchev–Trinajstić information content (AvgIpc) is 2.61. The Hall–Kier alpha value is -1.99. The summed E-state index contributed by atoms with van der Waals surface area (Å²) in [5, 5.41) is 2.94. The molecule has 0 saturated carbocycles. The molecule has 1 fully saturated rings. The Balaban J connectivity index is 1.80. The molecule has 0 aliphatic carbocycles. The summed E-state index contributed by atoms with van der Waals surface area (Å²) in [6, 6.07) is 5.31. The van der Waals surface area contributed by atoms with Gasteiger partial charge in [0.15, 0.2) is 11.5 Å². The molecule has 25 heavy (non-hydrogen) atoms. The minimum atomic E-state index is -0.0693. The first-order valence-electron chi connectivity index (χ1n) is 8.68. The normalized spacial score (nSPS) is 15.3. The quantitative estimate of drug-likeness (QED) is 0.813. The molecule has 1 heterocycles. The molecular weight excluding hydrogens is 320 g/mol. The third-order valence-corrected chi connectivity index (χ3v) is 4.37. The van der Waals surface area contributed by atoms with E-state index < -0.39 is 0 Å². The lowest BCUT2D eigenvalue weighted by atomic mass is 10.2. The fourth-order valence-electron chi connectivity index (χ4n) is 2.90. The summed E-state index contributed by atoms with van der Waals surface area (Å²) in [6.07, 6.45) is 1.16. The first kappa shape index (κ1) is 19.3. The van der Waals surface area contributed by atoms with Gasteiger partial charge in [0.25, 0.3) is 0 Å². The number of piperazine rings is 1. The van der Waals surface area contributed by atoms with E-state index in [1.54, 1.807) is 26.4 Å². The standard InChI is InChI=1S/C18H30N4O3/c1-20(2)8-5-9-21-10-12-22(13-11-21)18(23)19-15-6-7-16(24-3)17(14-15)25-4/h6-7,14H,5,8-13H2,1-4H3,(H,19,23). The van der Waals surface area contributed by atoms with Crippen LogP contribution < -0.4 is 14.8 Å². The maximum atomic E-state index is 12.4. The zero-order chi connectivity index (χ0) is 18.2. The number of methoxy groups -OCH3 is 2. The minimum Gasteiger partial charge on any atom is -0.493 e. The number of hydrogen-bond acceptors (Lipinski definition) is 5. The Morgan fingerprint density at radius 2 is 1.80 bits per heavy atom. The molecule has 7 nitrogen and oxygen atoms in total. The van der Waals surface area contributed by atoms with Crippen LogP contribution in [0.2, 0.25) is 0 Å². The molecule has 1 aromatic carbocycles. The van der Waals surface area contributed by atoms with Crippen molar-refractivity contribution in [2.24, 2.45) is 0 Å². The molecule has 0 aromatic heterocycles. The lowest BCUT2D eigenvalue weighted by Gasteiger charge is -2.34. The van der Waals surface area contributed by atoms with Crippen molar-refractivity contribution in [2.45, 2.75) is 6.42 Å². The first-order valence-corrected chi connectivity index (χ1v) is 8.68. The number of carbonyl (C=O) groups excluding carboxylic acids is 1. The van der Waals surface area contributed by atoms with Crippen molar-refractivity contribution in [3.05, 3.63) is 18.2 Å². The van der Waals surface area contributed by atoms with Gasteiger partial charge in [-0.15, -0.1) is 0 Å². The van der Waals surface area contributed by atoms with Crippen LogP contribution in [-0.4, -0.2) is 88.3 Å². The molecule has 7 heteroatoms. The molecule has 2 rings (SSSR count). The van der Waals surface area contributed by atoms with Gasteiger partial charge in [-0.05, 0) is 45.7 Å². The number of amides is 2. The number of nitrogens with zero attached hydrogens (tertiary/aromatic N) is 3. The molecular formula is C18H30N4O3. The highest BCUT2D eigenvalue weighted by Crippen LogP contribution is 2.29. The van der Waals surface area contributed by atoms with E-state index in [-0.39, 0.29) is 6.03 Å². The van der Waals surface area contributed by atoms with Crippen molar-refractivity contribution >= 4 is 11.7 Å². The van der Waals surface area contributed by atoms with E-state index >= 15 is 0 Å². The zero-order valence-corrected chi connectivity index (χ0v) is 15.7. The van der Waals surface area contributed by atoms with E-state index in [4.69, 9.17) is 9.47 Å². The maximum absolute atomic E-state index is 12.4. The Kier molecular flexibility index (Phi) is 7.33. The Morgan fingerprint density at radius 3 is 2.40 bits per heavy atom. The fraction of sp³-hybridized carbons (Fsp3) is 0.611. The number of benzene rings is 1. The first-order chi connectivity index (χ1) is 12.0. The Morgan fingerprint density at radius 1 is 1.12 bits per heavy atom. The van der Waals surface area contributed by atoms with Crippen molar-refractivity contribution in [2.75, 3.05) is 72.9 Å². The van der Waals surface area contributed by atoms with Crippen LogP contribution in [0.4, 0.5) is 10.5 Å². The summed E-state index contributed by atoms with van der Waals surface area (Å²) in [7, 11) is 7.36. The number of nitrogens with one attached hydrogen (secondary N) is 1. The molecule has 0 atom stereocenters. The average molecular weight is 350 g/mol. The molecule has 0 spiro atoms. The van der Waals surface area contributed by atoms with Crippen molar-refractivity contribution in [1.29, 1.82) is 0 Å². The van der Waals surface area contributed by atoms with Gasteiger partial charge in [-0.2, -0.15) is 0 Å². The van der Waals surface area contributed by atoms with E-state index in [9.17, 15) is 4.79 Å². The molecule has 0 unspecified atom stereocenters. The minimum absolute atomic E-state index is 0.0693. The lowest BCUT2D eigenvalue weighted by molar-refractivity contribution is 0.144. The lowest BCUT2D eigenvalue weighted by Crippen LogP contribution is -2.50. The summed E-state index contributed by atoms with van der Waals surface area (Å²) in [5.41, 5.74) is 0.705. The van der Waals surface area contributed by atoms with Crippen molar-refractivity contribution in [1.82, 2.24) is 14.7 Å². The molecule has 0 bridgehead atoms. The van der Waals surface area contributed by atoms with Gasteiger partial charge >= 0.3 is 6.03 Å². The van der Waals surface area contributed by atoms with E-state index in [1.807, 2.05) is 11.0 Å². The molecule has 0 radical (unpaired) electrons. The summed E-state index contributed by atoms with van der Waals surface area (Å²) < 4.78 is 10.5. The second-order valence-corrected chi connectivity index (χ2v) is 6.49. The Labute approximate surface area is 150 Å². The van der Waals surface area contributed by atoms with Crippen LogP contribution in [0.15, 0.2) is 18.2 Å². The largest absolute Gasteiger partial charge is 0.493 e. The van der Waals surface area contributed by atoms with Crippen LogP contribution in [0.5, 0.6) is 11.5 Å². The van der Waals surface area contributed by atoms with Gasteiger partial charge in [0, 0.05) is 37.9 Å². The van der Waals surface area contributed by atoms with E-state index in [1.165, 1.54) is 0 Å². The predicted molar refractivity (Wildman–Crippen MR) is 99.7 cm³/mol. The van der Waals surface area contributed by atoms with Crippen molar-refractivity contribution in [3.63, 3.8) is 0 Å². The van der Waals surface area contributed by atoms with Crippen LogP contribution in [-0.2, 0) is 0 Å². The van der Waals surface area contributed by atoms with Crippen LogP contribution in [0.25, 0.3) is 0 Å². The predicted octanol–water partition coefficient (Wildman–Crippen LogP) is 1.80. The van der Waals surface area contributed by atoms with Crippen molar-refractivity contribution < 1.29 is 14.3 Å². The summed E-state index contributed by atoms with van der Waals surface area (Å²) in [6.45, 7) is 5.53. The SMILES string of the molecule is COc1ccc(NC(=O)N2CCN(CCCN(C)C)CC2)cc1OC. The van der Waals surface area contributed by atoms with Gasteiger partial charge in [-0.1, -0.05) is 0 Å². The number of hydrogen-bond donors (Lipinski definition) is 1. The van der Waals surface area contributed by atoms with Gasteiger partial charge in [0.2, 0.25) is 0 Å². The van der Waals surface area contributed by atoms with Crippen LogP contribution >= 0.6 is 0 Å². The molecule has 140 valence electrons. The molecule has 1 aliphatic rings. The van der Waals surface area contributed by atoms with Gasteiger partial charge in [0.05, 0.1) is 14.2 Å². The van der Waals surface area contributed by atoms with Crippen LogP contribution in [0.1, 0.15) is 6.42 Å². The molecule has 1 aromatic rings. The Bertz CT molecular complexity index is 557. The number of anilines is 1. The third kappa shape index (κ3) is 5.79. The second-order valence-electron chi connectivity index (χ2n) is 6.49. The summed E-state index contributed by atoms with van der Waals surface area (Å²) >= 11 is 0. The fourth-order valence-corrected chi connectivity index (χ4v) is 2.90. The smallest absolute Gasteiger partial charge is 0.321 e. The van der Waals surface area contributed by atoms with Crippen LogP contribution in [0.3, 0.4) is 0 Å². The second kappa shape index (κ2) is 9.48. The van der Waals surface area contributed by atoms with Crippen molar-refractivity contribution in [3.8, 4) is 11.5 Å². The highest BCUT2D eigenvalue weighted by molar-refractivity contribution is 5.89. The number of ether oxygens (including phenoxy) is 2. The monoisotopic (exact) mass is 350 g/mol. The number of rotatable bonds is 7. The molecule has 1 aliphatic heterocycles. The van der Waals surface area contributed by atoms with Gasteiger partial charge < -0.3 is 24.6 Å². The van der Waals surface area contributed by atoms with Crippen LogP contribution in [0, 0.1) is 0 Å². The molecule has 1 saturated heterocycles. The summed E-state index contributed by atoms with van der Waals surface area (Å²) in [4.78, 5) is 18.9. The van der Waals surface area contributed by atoms with Gasteiger partial charge in [-0.25, -0.2) is 4.79 Å². The van der Waals surface area contributed by atoms with E-state index in [0.29, 0.717) is 17.2 Å². The zero-order valence-electron chi connectivity index (χ0n) is 15.7. The number of carbonyl (C=O) groups is 1. The highest BCUT2D eigenvalue weighted by atomic mass is 16.5. The molecule has 1 N–H and O–H groups in total. The summed E-state index contributed by atoms with van der Waals surface area (Å²) in [5.74, 6) is 1.25. The molecule has 2 amide bonds. The maximum Gasteiger partial charge on any atom is 0.321 e. The van der Waals surface area contributed by atoms with Gasteiger partial charge in [-0.3, -0.25) is 4.90 Å². The third-order valence-electron chi connectivity index (χ3n) is 4.37.